The van der Waals surface area contributed by atoms with Crippen LogP contribution < -0.4 is 4.74 Å². The van der Waals surface area contributed by atoms with E-state index in [0.717, 1.165) is 13.0 Å². The first-order valence-electron chi connectivity index (χ1n) is 8.64. The number of benzene rings is 1. The molecule has 26 heavy (non-hydrogen) atoms. The minimum absolute atomic E-state index is 0.131. The Bertz CT molecular complexity index is 813. The van der Waals surface area contributed by atoms with Crippen molar-refractivity contribution in [3.63, 3.8) is 0 Å². The van der Waals surface area contributed by atoms with Crippen LogP contribution in [-0.4, -0.2) is 78.8 Å². The Morgan fingerprint density at radius 1 is 1.31 bits per heavy atom. The highest BCUT2D eigenvalue weighted by Crippen LogP contribution is 2.63. The van der Waals surface area contributed by atoms with E-state index >= 15 is 0 Å². The molecule has 0 aromatic heterocycles. The van der Waals surface area contributed by atoms with E-state index in [2.05, 4.69) is 0 Å². The molecule has 5 rings (SSSR count). The number of epoxide rings is 1. The van der Waals surface area contributed by atoms with Crippen molar-refractivity contribution in [1.29, 1.82) is 0 Å². The zero-order valence-corrected chi connectivity index (χ0v) is 14.8. The Kier molecular flexibility index (Phi) is 3.07. The zero-order valence-electron chi connectivity index (χ0n) is 14.8. The van der Waals surface area contributed by atoms with E-state index in [4.69, 9.17) is 18.9 Å². The number of esters is 1. The number of likely N-dealkylation sites (tertiary alicyclic amines) is 1. The molecule has 8 nitrogen and oxygen atoms in total. The molecule has 4 aliphatic rings. The van der Waals surface area contributed by atoms with Gasteiger partial charge in [0.1, 0.15) is 23.4 Å². The van der Waals surface area contributed by atoms with E-state index in [1.807, 2.05) is 11.9 Å². The lowest BCUT2D eigenvalue weighted by atomic mass is 9.65. The molecular formula is C18H21NO7. The van der Waals surface area contributed by atoms with Crippen LogP contribution in [0.3, 0.4) is 0 Å². The molecule has 1 saturated carbocycles. The summed E-state index contributed by atoms with van der Waals surface area (Å²) in [5, 5.41) is 22.1. The Morgan fingerprint density at radius 2 is 2.08 bits per heavy atom. The van der Waals surface area contributed by atoms with Crippen molar-refractivity contribution in [1.82, 2.24) is 4.90 Å². The van der Waals surface area contributed by atoms with E-state index in [1.165, 1.54) is 26.4 Å². The number of rotatable bonds is 2. The van der Waals surface area contributed by atoms with Crippen molar-refractivity contribution in [2.24, 2.45) is 0 Å². The molecule has 6 atom stereocenters. The van der Waals surface area contributed by atoms with Gasteiger partial charge in [-0.05, 0) is 25.6 Å². The van der Waals surface area contributed by atoms with Crippen molar-refractivity contribution >= 4 is 5.97 Å². The van der Waals surface area contributed by atoms with Gasteiger partial charge in [0.25, 0.3) is 0 Å². The number of hydrogen-bond donors (Lipinski definition) is 2. The molecule has 2 saturated heterocycles. The quantitative estimate of drug-likeness (QED) is 0.559. The molecule has 3 heterocycles. The lowest BCUT2D eigenvalue weighted by molar-refractivity contribution is -0.194. The molecule has 0 amide bonds. The van der Waals surface area contributed by atoms with Crippen LogP contribution in [0.2, 0.25) is 0 Å². The maximum atomic E-state index is 12.6. The predicted octanol–water partition coefficient (Wildman–Crippen LogP) is -0.00230. The Balaban J connectivity index is 1.77. The Morgan fingerprint density at radius 3 is 2.77 bits per heavy atom. The van der Waals surface area contributed by atoms with E-state index in [9.17, 15) is 15.0 Å². The fourth-order valence-electron chi connectivity index (χ4n) is 5.35. The fraction of sp³-hybridized carbons (Fsp3) is 0.611. The molecule has 3 fully saturated rings. The van der Waals surface area contributed by atoms with Crippen molar-refractivity contribution in [3.8, 4) is 11.5 Å². The largest absolute Gasteiger partial charge is 0.504 e. The van der Waals surface area contributed by atoms with E-state index < -0.39 is 35.4 Å². The van der Waals surface area contributed by atoms with Gasteiger partial charge < -0.3 is 29.2 Å². The monoisotopic (exact) mass is 363 g/mol. The number of likely N-dealkylation sites (N-methyl/N-ethyl adjacent to an activating group) is 1. The van der Waals surface area contributed by atoms with E-state index in [0.29, 0.717) is 5.56 Å². The van der Waals surface area contributed by atoms with Crippen molar-refractivity contribution in [2.45, 2.75) is 42.0 Å². The number of fused-ring (bicyclic) bond motifs is 4. The standard InChI is InChI=1S/C18H21NO7/c1-19-5-4-17-13(26-17)12(24-3)14-18(22,16(17)19)9-7-11(23-2)10(20)6-8(9)15(21)25-14/h6-7,12-14,16,20,22H,4-5H2,1-3H3/t12-,13-,14+,16+,17-,18-/m0/s1. The molecule has 1 aromatic rings. The molecule has 8 heteroatoms. The first-order chi connectivity index (χ1) is 12.4. The second-order valence-corrected chi connectivity index (χ2v) is 7.55. The van der Waals surface area contributed by atoms with Crippen molar-refractivity contribution < 1.29 is 34.0 Å². The topological polar surface area (TPSA) is 101 Å². The number of carbonyl (C=O) groups excluding carboxylic acids is 1. The lowest BCUT2D eigenvalue weighted by Gasteiger charge is -2.51. The van der Waals surface area contributed by atoms with Gasteiger partial charge in [0.15, 0.2) is 17.6 Å². The zero-order chi connectivity index (χ0) is 18.4. The Hall–Kier alpha value is -1.87. The van der Waals surface area contributed by atoms with E-state index in [1.54, 1.807) is 0 Å². The maximum absolute atomic E-state index is 12.6. The summed E-state index contributed by atoms with van der Waals surface area (Å²) in [7, 11) is 4.88. The van der Waals surface area contributed by atoms with Crippen LogP contribution in [0.25, 0.3) is 0 Å². The van der Waals surface area contributed by atoms with Crippen molar-refractivity contribution in [3.05, 3.63) is 23.3 Å². The average molecular weight is 363 g/mol. The average Bonchev–Trinajstić information content (AvgIpc) is 3.22. The summed E-state index contributed by atoms with van der Waals surface area (Å²) in [6, 6.07) is 2.42. The summed E-state index contributed by atoms with van der Waals surface area (Å²) >= 11 is 0. The summed E-state index contributed by atoms with van der Waals surface area (Å²) in [5.74, 6) is -0.601. The molecular weight excluding hydrogens is 342 g/mol. The first-order valence-corrected chi connectivity index (χ1v) is 8.64. The van der Waals surface area contributed by atoms with Gasteiger partial charge in [-0.2, -0.15) is 0 Å². The third-order valence-corrected chi connectivity index (χ3v) is 6.45. The summed E-state index contributed by atoms with van der Waals surface area (Å²) < 4.78 is 22.5. The van der Waals surface area contributed by atoms with Crippen LogP contribution in [0.4, 0.5) is 0 Å². The van der Waals surface area contributed by atoms with Gasteiger partial charge in [0, 0.05) is 19.2 Å². The minimum Gasteiger partial charge on any atom is -0.504 e. The number of carbonyl (C=O) groups is 1. The first kappa shape index (κ1) is 16.3. The normalized spacial score (nSPS) is 43.0. The van der Waals surface area contributed by atoms with Crippen LogP contribution in [0.15, 0.2) is 12.1 Å². The summed E-state index contributed by atoms with van der Waals surface area (Å²) in [6.45, 7) is 0.755. The molecule has 1 aromatic carbocycles. The number of phenols is 1. The molecule has 0 bridgehead atoms. The lowest BCUT2D eigenvalue weighted by Crippen LogP contribution is -2.69. The van der Waals surface area contributed by atoms with Gasteiger partial charge in [0.2, 0.25) is 0 Å². The van der Waals surface area contributed by atoms with Gasteiger partial charge in [-0.15, -0.1) is 0 Å². The van der Waals surface area contributed by atoms with Crippen LogP contribution in [0.1, 0.15) is 22.3 Å². The number of aliphatic hydroxyl groups is 1. The highest BCUT2D eigenvalue weighted by molar-refractivity contribution is 5.94. The molecule has 0 radical (unpaired) electrons. The summed E-state index contributed by atoms with van der Waals surface area (Å²) in [6.07, 6.45) is -0.930. The Labute approximate surface area is 150 Å². The van der Waals surface area contributed by atoms with Crippen LogP contribution in [0.5, 0.6) is 11.5 Å². The third-order valence-electron chi connectivity index (χ3n) is 6.45. The minimum atomic E-state index is -1.54. The van der Waals surface area contributed by atoms with Gasteiger partial charge >= 0.3 is 5.97 Å². The number of hydrogen-bond acceptors (Lipinski definition) is 8. The van der Waals surface area contributed by atoms with E-state index in [-0.39, 0.29) is 23.2 Å². The van der Waals surface area contributed by atoms with Gasteiger partial charge in [-0.1, -0.05) is 0 Å². The second kappa shape index (κ2) is 4.89. The van der Waals surface area contributed by atoms with Crippen LogP contribution >= 0.6 is 0 Å². The molecule has 1 aliphatic carbocycles. The molecule has 140 valence electrons. The maximum Gasteiger partial charge on any atom is 0.339 e. The van der Waals surface area contributed by atoms with Crippen LogP contribution in [0, 0.1) is 0 Å². The smallest absolute Gasteiger partial charge is 0.339 e. The third kappa shape index (κ3) is 1.66. The van der Waals surface area contributed by atoms with Gasteiger partial charge in [-0.25, -0.2) is 4.79 Å². The molecule has 1 spiro atoms. The number of aromatic hydroxyl groups is 1. The van der Waals surface area contributed by atoms with Crippen molar-refractivity contribution in [2.75, 3.05) is 27.8 Å². The molecule has 2 N–H and O–H groups in total. The van der Waals surface area contributed by atoms with Crippen LogP contribution in [-0.2, 0) is 19.8 Å². The predicted molar refractivity (Wildman–Crippen MR) is 87.2 cm³/mol. The second-order valence-electron chi connectivity index (χ2n) is 7.55. The number of nitrogens with zero attached hydrogens (tertiary/aromatic N) is 1. The SMILES string of the molecule is COc1cc2c(cc1O)C(=O)O[C@@H]1[C@@H](OC)[C@@H]3O[C@@]34CCN(C)[C@H]4[C@]21O. The van der Waals surface area contributed by atoms with Gasteiger partial charge in [0.05, 0.1) is 18.7 Å². The highest BCUT2D eigenvalue weighted by atomic mass is 16.7. The summed E-state index contributed by atoms with van der Waals surface area (Å²) in [5.41, 5.74) is -1.55. The highest BCUT2D eigenvalue weighted by Gasteiger charge is 2.81. The van der Waals surface area contributed by atoms with Gasteiger partial charge in [-0.3, -0.25) is 4.90 Å². The summed E-state index contributed by atoms with van der Waals surface area (Å²) in [4.78, 5) is 14.6. The fourth-order valence-corrected chi connectivity index (χ4v) is 5.35. The molecule has 3 aliphatic heterocycles. The number of ether oxygens (including phenoxy) is 4. The molecule has 0 unspecified atom stereocenters. The number of phenolic OH excluding ortho intramolecular Hbond substituents is 1. The number of methoxy groups -OCH3 is 2.